The van der Waals surface area contributed by atoms with E-state index in [2.05, 4.69) is 11.7 Å². The molecule has 0 aliphatic heterocycles. The molecule has 1 aromatic rings. The molecule has 1 aliphatic rings. The summed E-state index contributed by atoms with van der Waals surface area (Å²) in [5, 5.41) is 3.60. The van der Waals surface area contributed by atoms with Crippen LogP contribution in [0.4, 0.5) is 0 Å². The lowest BCUT2D eigenvalue weighted by Crippen LogP contribution is -2.15. The minimum absolute atomic E-state index is 0.0804. The number of allylic oxidation sites excluding steroid dienone is 2. The molecule has 0 bridgehead atoms. The first-order valence-electron chi connectivity index (χ1n) is 9.59. The fraction of sp³-hybridized carbons (Fsp3) is 0.381. The highest BCUT2D eigenvalue weighted by Crippen LogP contribution is 2.36. The Bertz CT molecular complexity index is 1030. The molecule has 0 spiro atoms. The molecular weight excluding hydrogens is 446 g/mol. The molecule has 0 saturated heterocycles. The van der Waals surface area contributed by atoms with Gasteiger partial charge in [-0.25, -0.2) is 13.2 Å². The highest BCUT2D eigenvalue weighted by molar-refractivity contribution is 7.91. The number of halogens is 1. The number of hydrogen-bond donors (Lipinski definition) is 0. The van der Waals surface area contributed by atoms with Crippen molar-refractivity contribution in [2.75, 3.05) is 19.0 Å². The molecular formula is C21H24ClNO7S. The largest absolute Gasteiger partial charge is 0.485 e. The average Bonchev–Trinajstić information content (AvgIpc) is 2.72. The molecule has 10 heteroatoms. The van der Waals surface area contributed by atoms with Crippen molar-refractivity contribution < 1.29 is 32.3 Å². The Balaban J connectivity index is 2.36. The summed E-state index contributed by atoms with van der Waals surface area (Å²) in [6.07, 6.45) is 4.23. The van der Waals surface area contributed by atoms with Gasteiger partial charge in [0.1, 0.15) is 23.9 Å². The molecule has 0 amide bonds. The molecule has 0 aromatic heterocycles. The second-order valence-corrected chi connectivity index (χ2v) is 9.30. The van der Waals surface area contributed by atoms with Crippen LogP contribution in [0.2, 0.25) is 5.02 Å². The lowest BCUT2D eigenvalue weighted by Gasteiger charge is -2.16. The van der Waals surface area contributed by atoms with Crippen molar-refractivity contribution in [3.8, 4) is 5.75 Å². The summed E-state index contributed by atoms with van der Waals surface area (Å²) in [6.45, 7) is 6.69. The summed E-state index contributed by atoms with van der Waals surface area (Å²) in [4.78, 5) is 29.0. The van der Waals surface area contributed by atoms with Gasteiger partial charge in [0.15, 0.2) is 21.4 Å². The highest BCUT2D eigenvalue weighted by Gasteiger charge is 2.26. The number of rotatable bonds is 10. The second kappa shape index (κ2) is 11.1. The minimum Gasteiger partial charge on any atom is -0.485 e. The van der Waals surface area contributed by atoms with Crippen molar-refractivity contribution in [3.05, 3.63) is 47.2 Å². The van der Waals surface area contributed by atoms with E-state index in [0.717, 1.165) is 0 Å². The lowest BCUT2D eigenvalue weighted by molar-refractivity contribution is -0.115. The van der Waals surface area contributed by atoms with Crippen LogP contribution >= 0.6 is 11.6 Å². The summed E-state index contributed by atoms with van der Waals surface area (Å²) in [6, 6.07) is 2.51. The molecule has 0 atom stereocenters. The van der Waals surface area contributed by atoms with Crippen LogP contribution in [-0.4, -0.2) is 44.8 Å². The third-order valence-electron chi connectivity index (χ3n) is 4.23. The van der Waals surface area contributed by atoms with Crippen molar-refractivity contribution >= 4 is 38.9 Å². The summed E-state index contributed by atoms with van der Waals surface area (Å²) in [5.41, 5.74) is 0.333. The van der Waals surface area contributed by atoms with E-state index in [1.54, 1.807) is 6.92 Å². The fourth-order valence-corrected chi connectivity index (χ4v) is 4.03. The Morgan fingerprint density at radius 1 is 1.32 bits per heavy atom. The van der Waals surface area contributed by atoms with Gasteiger partial charge in [0, 0.05) is 18.9 Å². The number of esters is 1. The van der Waals surface area contributed by atoms with Crippen molar-refractivity contribution in [1.29, 1.82) is 0 Å². The molecule has 0 heterocycles. The number of hydrogen-bond acceptors (Lipinski definition) is 8. The lowest BCUT2D eigenvalue weighted by atomic mass is 10.1. The number of sulfone groups is 1. The van der Waals surface area contributed by atoms with Gasteiger partial charge in [-0.05, 0) is 25.5 Å². The Morgan fingerprint density at radius 2 is 2.06 bits per heavy atom. The predicted octanol–water partition coefficient (Wildman–Crippen LogP) is 3.88. The number of ketones is 1. The zero-order chi connectivity index (χ0) is 23.0. The van der Waals surface area contributed by atoms with Gasteiger partial charge < -0.3 is 14.3 Å². The molecule has 2 rings (SSSR count). The van der Waals surface area contributed by atoms with Gasteiger partial charge >= 0.3 is 5.97 Å². The summed E-state index contributed by atoms with van der Waals surface area (Å²) in [5.74, 6) is -1.05. The molecule has 168 valence electrons. The third kappa shape index (κ3) is 6.67. The van der Waals surface area contributed by atoms with Gasteiger partial charge in [-0.15, -0.1) is 0 Å². The Kier molecular flexibility index (Phi) is 8.82. The average molecular weight is 470 g/mol. The molecule has 0 N–H and O–H groups in total. The van der Waals surface area contributed by atoms with Crippen LogP contribution in [0, 0.1) is 0 Å². The molecule has 31 heavy (non-hydrogen) atoms. The SMILES string of the molecule is C=CCO/N=C(/C)COc1c(S(=O)(=O)CC)ccc(C(=O)OC2=CC(=O)CCC2)c1Cl. The zero-order valence-corrected chi connectivity index (χ0v) is 18.9. The Hall–Kier alpha value is -2.65. The fourth-order valence-electron chi connectivity index (χ4n) is 2.65. The van der Waals surface area contributed by atoms with Crippen LogP contribution in [0.15, 0.2) is 46.7 Å². The van der Waals surface area contributed by atoms with Gasteiger partial charge in [-0.1, -0.05) is 36.3 Å². The minimum atomic E-state index is -3.70. The van der Waals surface area contributed by atoms with Crippen LogP contribution in [-0.2, 0) is 24.2 Å². The first-order valence-corrected chi connectivity index (χ1v) is 11.6. The van der Waals surface area contributed by atoms with Gasteiger partial charge in [0.25, 0.3) is 0 Å². The zero-order valence-electron chi connectivity index (χ0n) is 17.4. The van der Waals surface area contributed by atoms with E-state index in [0.29, 0.717) is 25.0 Å². The predicted molar refractivity (Wildman–Crippen MR) is 116 cm³/mol. The van der Waals surface area contributed by atoms with E-state index < -0.39 is 15.8 Å². The number of oxime groups is 1. The van der Waals surface area contributed by atoms with Crippen LogP contribution in [0.5, 0.6) is 5.75 Å². The monoisotopic (exact) mass is 469 g/mol. The smallest absolute Gasteiger partial charge is 0.344 e. The van der Waals surface area contributed by atoms with Crippen molar-refractivity contribution in [3.63, 3.8) is 0 Å². The van der Waals surface area contributed by atoms with Gasteiger partial charge in [-0.2, -0.15) is 0 Å². The molecule has 1 aliphatic carbocycles. The maximum atomic E-state index is 12.6. The number of carbonyl (C=O) groups is 2. The molecule has 0 fully saturated rings. The maximum Gasteiger partial charge on any atom is 0.344 e. The molecule has 0 saturated carbocycles. The van der Waals surface area contributed by atoms with Gasteiger partial charge in [0.2, 0.25) is 0 Å². The highest BCUT2D eigenvalue weighted by atomic mass is 35.5. The van der Waals surface area contributed by atoms with E-state index in [1.165, 1.54) is 31.2 Å². The van der Waals surface area contributed by atoms with E-state index >= 15 is 0 Å². The first kappa shape index (κ1) is 24.6. The number of benzene rings is 1. The summed E-state index contributed by atoms with van der Waals surface area (Å²) >= 11 is 6.37. The van der Waals surface area contributed by atoms with E-state index in [9.17, 15) is 18.0 Å². The topological polar surface area (TPSA) is 108 Å². The van der Waals surface area contributed by atoms with Crippen LogP contribution < -0.4 is 4.74 Å². The van der Waals surface area contributed by atoms with E-state index in [4.69, 9.17) is 25.9 Å². The van der Waals surface area contributed by atoms with E-state index in [1.807, 2.05) is 0 Å². The van der Waals surface area contributed by atoms with Crippen molar-refractivity contribution in [2.45, 2.75) is 38.0 Å². The Morgan fingerprint density at radius 3 is 2.71 bits per heavy atom. The maximum absolute atomic E-state index is 12.6. The van der Waals surface area contributed by atoms with Gasteiger partial charge in [0.05, 0.1) is 22.1 Å². The standard InChI is InChI=1S/C21H24ClNO7S/c1-4-11-29-23-14(3)13-28-20-18(31(26,27)5-2)10-9-17(19(20)22)21(25)30-16-8-6-7-15(24)12-16/h4,9-10,12H,1,5-8,11,13H2,2-3H3/b23-14-. The molecule has 0 unspecified atom stereocenters. The quantitative estimate of drug-likeness (QED) is 0.168. The third-order valence-corrected chi connectivity index (χ3v) is 6.35. The summed E-state index contributed by atoms with van der Waals surface area (Å²) < 4.78 is 35.9. The second-order valence-electron chi connectivity index (χ2n) is 6.68. The number of carbonyl (C=O) groups excluding carboxylic acids is 2. The molecule has 1 aromatic carbocycles. The first-order chi connectivity index (χ1) is 14.7. The van der Waals surface area contributed by atoms with Crippen LogP contribution in [0.25, 0.3) is 0 Å². The van der Waals surface area contributed by atoms with Gasteiger partial charge in [-0.3, -0.25) is 4.79 Å². The van der Waals surface area contributed by atoms with Crippen LogP contribution in [0.1, 0.15) is 43.5 Å². The molecule has 0 radical (unpaired) electrons. The normalized spacial score (nSPS) is 14.6. The summed E-state index contributed by atoms with van der Waals surface area (Å²) in [7, 11) is -3.70. The molecule has 8 nitrogen and oxygen atoms in total. The van der Waals surface area contributed by atoms with E-state index in [-0.39, 0.29) is 51.7 Å². The number of ether oxygens (including phenoxy) is 2. The van der Waals surface area contributed by atoms with Crippen LogP contribution in [0.3, 0.4) is 0 Å². The van der Waals surface area contributed by atoms with Crippen molar-refractivity contribution in [2.24, 2.45) is 5.16 Å². The number of nitrogens with zero attached hydrogens (tertiary/aromatic N) is 1. The Labute approximate surface area is 186 Å². The van der Waals surface area contributed by atoms with Crippen molar-refractivity contribution in [1.82, 2.24) is 0 Å².